The molecule has 5 aromatic rings. The predicted octanol–water partition coefficient (Wildman–Crippen LogP) is 6.89. The number of halogens is 1. The molecular weight excluding hydrogens is 700 g/mol. The molecule has 2 aliphatic carbocycles. The van der Waals surface area contributed by atoms with Gasteiger partial charge in [0.05, 0.1) is 38.3 Å². The molecule has 2 fully saturated rings. The van der Waals surface area contributed by atoms with E-state index in [1.54, 1.807) is 72.8 Å². The number of rotatable bonds is 6. The summed E-state index contributed by atoms with van der Waals surface area (Å²) in [5.41, 5.74) is -0.734. The summed E-state index contributed by atoms with van der Waals surface area (Å²) in [5.74, 6) is -2.32. The maximum atomic E-state index is 16.2. The number of allylic oxidation sites excluding steroid dienone is 2. The number of ketones is 1. The van der Waals surface area contributed by atoms with Crippen LogP contribution in [0.15, 0.2) is 115 Å². The van der Waals surface area contributed by atoms with Crippen LogP contribution >= 0.6 is 11.6 Å². The fraction of sp³-hybridized carbons (Fsp3) is 0.146. The van der Waals surface area contributed by atoms with E-state index < -0.39 is 39.4 Å². The number of ether oxygens (including phenoxy) is 4. The third-order valence-electron chi connectivity index (χ3n) is 11.2. The number of hydrogen-bond acceptors (Lipinski definition) is 9. The Morgan fingerprint density at radius 1 is 0.623 bits per heavy atom. The third-order valence-corrected chi connectivity index (χ3v) is 11.5. The second-order valence-electron chi connectivity index (χ2n) is 13.4. The summed E-state index contributed by atoms with van der Waals surface area (Å²) in [6, 6.07) is 32.4. The van der Waals surface area contributed by atoms with Gasteiger partial charge in [-0.25, -0.2) is 4.90 Å². The summed E-state index contributed by atoms with van der Waals surface area (Å²) in [6.07, 6.45) is 0. The number of carbonyl (C=O) groups excluding carboxylic acids is 3. The SMILES string of the molecule is O=C1[C@@H]2[C@H](C(=O)N1c1cc([N+](=O)[O-])ccc1Cl)[C@@]1(c3ccccc3)C(=O)[C@@]2(c2ccccc2)C(c2ccc3c(c2)OCO3)=C1c1ccc2c(c1)OCO2. The summed E-state index contributed by atoms with van der Waals surface area (Å²) < 4.78 is 23.0. The van der Waals surface area contributed by atoms with Gasteiger partial charge in [0.25, 0.3) is 5.69 Å². The Bertz CT molecular complexity index is 2370. The number of carbonyl (C=O) groups is 3. The van der Waals surface area contributed by atoms with E-state index in [0.717, 1.165) is 11.0 Å². The van der Waals surface area contributed by atoms with Crippen LogP contribution in [0.2, 0.25) is 5.02 Å². The largest absolute Gasteiger partial charge is 0.454 e. The minimum atomic E-state index is -1.74. The van der Waals surface area contributed by atoms with Crippen molar-refractivity contribution < 1.29 is 38.3 Å². The average Bonchev–Trinajstić information content (AvgIpc) is 3.99. The molecule has 10 rings (SSSR count). The molecule has 1 saturated heterocycles. The number of nitro groups is 1. The topological polar surface area (TPSA) is 135 Å². The van der Waals surface area contributed by atoms with Crippen molar-refractivity contribution in [3.63, 3.8) is 0 Å². The normalized spacial score (nSPS) is 24.7. The van der Waals surface area contributed by atoms with Crippen molar-refractivity contribution in [2.75, 3.05) is 18.5 Å². The predicted molar refractivity (Wildman–Crippen MR) is 191 cm³/mol. The molecule has 5 aliphatic rings. The van der Waals surface area contributed by atoms with Crippen LogP contribution in [0.4, 0.5) is 11.4 Å². The Morgan fingerprint density at radius 3 is 1.57 bits per heavy atom. The van der Waals surface area contributed by atoms with Gasteiger partial charge in [-0.3, -0.25) is 24.5 Å². The van der Waals surface area contributed by atoms with Crippen molar-refractivity contribution in [2.45, 2.75) is 10.8 Å². The second kappa shape index (κ2) is 11.0. The molecule has 3 aliphatic heterocycles. The highest BCUT2D eigenvalue weighted by Gasteiger charge is 2.83. The molecule has 0 radical (unpaired) electrons. The van der Waals surface area contributed by atoms with Gasteiger partial charge < -0.3 is 18.9 Å². The number of hydrogen-bond donors (Lipinski definition) is 0. The van der Waals surface area contributed by atoms with Gasteiger partial charge in [0, 0.05) is 12.1 Å². The number of amides is 2. The summed E-state index contributed by atoms with van der Waals surface area (Å²) in [4.78, 5) is 59.0. The molecule has 53 heavy (non-hydrogen) atoms. The molecule has 5 aromatic carbocycles. The van der Waals surface area contributed by atoms with Gasteiger partial charge in [0.15, 0.2) is 28.8 Å². The zero-order valence-corrected chi connectivity index (χ0v) is 28.2. The van der Waals surface area contributed by atoms with E-state index in [9.17, 15) is 10.1 Å². The molecule has 11 nitrogen and oxygen atoms in total. The highest BCUT2D eigenvalue weighted by Crippen LogP contribution is 2.75. The Kier molecular flexibility index (Phi) is 6.51. The zero-order valence-electron chi connectivity index (χ0n) is 27.5. The summed E-state index contributed by atoms with van der Waals surface area (Å²) in [7, 11) is 0. The number of nitro benzene ring substituents is 1. The van der Waals surface area contributed by atoms with E-state index in [4.69, 9.17) is 30.5 Å². The highest BCUT2D eigenvalue weighted by molar-refractivity contribution is 6.41. The third kappa shape index (κ3) is 3.91. The fourth-order valence-corrected chi connectivity index (χ4v) is 9.45. The van der Waals surface area contributed by atoms with Crippen molar-refractivity contribution in [2.24, 2.45) is 11.8 Å². The number of benzene rings is 5. The van der Waals surface area contributed by atoms with E-state index in [2.05, 4.69) is 0 Å². The lowest BCUT2D eigenvalue weighted by Gasteiger charge is -2.39. The fourth-order valence-electron chi connectivity index (χ4n) is 9.25. The van der Waals surface area contributed by atoms with E-state index in [1.165, 1.54) is 12.1 Å². The van der Waals surface area contributed by atoms with Gasteiger partial charge in [0.1, 0.15) is 0 Å². The van der Waals surface area contributed by atoms with Crippen molar-refractivity contribution >= 4 is 51.7 Å². The molecule has 2 bridgehead atoms. The Morgan fingerprint density at radius 2 is 1.09 bits per heavy atom. The number of Topliss-reactive ketones (excluding diaryl/α,β-unsaturated/α-hetero) is 1. The van der Waals surface area contributed by atoms with E-state index in [1.807, 2.05) is 24.3 Å². The van der Waals surface area contributed by atoms with Gasteiger partial charge in [-0.05, 0) is 63.7 Å². The van der Waals surface area contributed by atoms with E-state index in [0.29, 0.717) is 56.4 Å². The highest BCUT2D eigenvalue weighted by atomic mass is 35.5. The first kappa shape index (κ1) is 31.3. The Labute approximate surface area is 306 Å². The second-order valence-corrected chi connectivity index (χ2v) is 13.8. The molecule has 0 aromatic heterocycles. The van der Waals surface area contributed by atoms with Crippen LogP contribution in [0.1, 0.15) is 22.3 Å². The average molecular weight is 725 g/mol. The van der Waals surface area contributed by atoms with Gasteiger partial charge in [-0.15, -0.1) is 0 Å². The molecule has 0 spiro atoms. The molecule has 3 heterocycles. The number of anilines is 1. The number of fused-ring (bicyclic) bond motifs is 7. The van der Waals surface area contributed by atoms with Crippen molar-refractivity contribution in [1.82, 2.24) is 0 Å². The van der Waals surface area contributed by atoms with Crippen LogP contribution in [0.25, 0.3) is 11.1 Å². The molecular formula is C41H25ClN2O9. The van der Waals surface area contributed by atoms with Crippen LogP contribution in [-0.2, 0) is 25.2 Å². The Balaban J connectivity index is 1.36. The van der Waals surface area contributed by atoms with Crippen LogP contribution in [0, 0.1) is 22.0 Å². The quantitative estimate of drug-likeness (QED) is 0.104. The van der Waals surface area contributed by atoms with Crippen molar-refractivity contribution in [1.29, 1.82) is 0 Å². The van der Waals surface area contributed by atoms with Crippen LogP contribution in [0.3, 0.4) is 0 Å². The monoisotopic (exact) mass is 724 g/mol. The lowest BCUT2D eigenvalue weighted by molar-refractivity contribution is -0.384. The maximum absolute atomic E-state index is 16.2. The summed E-state index contributed by atoms with van der Waals surface area (Å²) in [6.45, 7) is 0.0281. The summed E-state index contributed by atoms with van der Waals surface area (Å²) in [5, 5.41) is 11.9. The standard InChI is InChI=1S/C41H25ClN2O9/c42-27-14-13-26(44(48)49)19-28(27)43-37(45)35-36(38(43)46)41(25-9-5-2-6-10-25)34(23-12-16-30-32(18-23)53-21-51-30)33(22-11-15-29-31(17-22)52-20-50-29)40(35,39(41)47)24-7-3-1-4-8-24/h1-19,35-36H,20-21H2/t35-,36+,40-,41-/m0/s1. The lowest BCUT2D eigenvalue weighted by atomic mass is 9.59. The number of nitrogens with zero attached hydrogens (tertiary/aromatic N) is 2. The van der Waals surface area contributed by atoms with Crippen LogP contribution in [-0.4, -0.2) is 36.1 Å². The van der Waals surface area contributed by atoms with Crippen LogP contribution in [0.5, 0.6) is 23.0 Å². The van der Waals surface area contributed by atoms with Gasteiger partial charge >= 0.3 is 0 Å². The number of imide groups is 1. The minimum absolute atomic E-state index is 0.0141. The smallest absolute Gasteiger partial charge is 0.271 e. The first-order valence-corrected chi connectivity index (χ1v) is 17.2. The molecule has 0 N–H and O–H groups in total. The maximum Gasteiger partial charge on any atom is 0.271 e. The molecule has 260 valence electrons. The number of non-ortho nitro benzene ring substituents is 1. The van der Waals surface area contributed by atoms with Gasteiger partial charge in [0.2, 0.25) is 25.4 Å². The minimum Gasteiger partial charge on any atom is -0.454 e. The van der Waals surface area contributed by atoms with Crippen LogP contribution < -0.4 is 23.8 Å². The van der Waals surface area contributed by atoms with E-state index >= 15 is 14.4 Å². The van der Waals surface area contributed by atoms with Gasteiger partial charge in [-0.1, -0.05) is 84.4 Å². The molecule has 4 atom stereocenters. The van der Waals surface area contributed by atoms with Crippen molar-refractivity contribution in [3.05, 3.63) is 153 Å². The molecule has 2 amide bonds. The van der Waals surface area contributed by atoms with Gasteiger partial charge in [-0.2, -0.15) is 0 Å². The molecule has 0 unspecified atom stereocenters. The zero-order chi connectivity index (χ0) is 36.2. The molecule has 12 heteroatoms. The lowest BCUT2D eigenvalue weighted by Crippen LogP contribution is -2.45. The first-order chi connectivity index (χ1) is 25.8. The summed E-state index contributed by atoms with van der Waals surface area (Å²) >= 11 is 6.65. The first-order valence-electron chi connectivity index (χ1n) is 16.8. The molecule has 1 saturated carbocycles. The van der Waals surface area contributed by atoms with E-state index in [-0.39, 0.29) is 35.8 Å². The van der Waals surface area contributed by atoms with Crippen molar-refractivity contribution in [3.8, 4) is 23.0 Å². The Hall–Kier alpha value is -6.46.